The Morgan fingerprint density at radius 3 is 2.31 bits per heavy atom. The molecule has 0 radical (unpaired) electrons. The van der Waals surface area contributed by atoms with Crippen molar-refractivity contribution in [3.05, 3.63) is 65.7 Å². The lowest BCUT2D eigenvalue weighted by molar-refractivity contribution is -0.125. The first-order valence-electron chi connectivity index (χ1n) is 11.3. The zero-order chi connectivity index (χ0) is 22.7. The third-order valence-electron chi connectivity index (χ3n) is 7.14. The highest BCUT2D eigenvalue weighted by molar-refractivity contribution is 5.93. The molecule has 1 amide bonds. The summed E-state index contributed by atoms with van der Waals surface area (Å²) in [6.07, 6.45) is -0.0951. The molecule has 0 bridgehead atoms. The number of carbonyl (C=O) groups is 1. The van der Waals surface area contributed by atoms with E-state index in [-0.39, 0.29) is 18.4 Å². The quantitative estimate of drug-likeness (QED) is 0.524. The molecule has 2 aliphatic heterocycles. The summed E-state index contributed by atoms with van der Waals surface area (Å²) >= 11 is 0. The topological polar surface area (TPSA) is 96.3 Å². The molecule has 2 aliphatic rings. The molecule has 7 heteroatoms. The average Bonchev–Trinajstić information content (AvgIpc) is 3.15. The van der Waals surface area contributed by atoms with E-state index in [9.17, 15) is 20.1 Å². The largest absolute Gasteiger partial charge is 0.392 e. The minimum absolute atomic E-state index is 0.0370. The highest BCUT2D eigenvalue weighted by Gasteiger charge is 2.50. The third-order valence-corrected chi connectivity index (χ3v) is 7.14. The summed E-state index contributed by atoms with van der Waals surface area (Å²) in [7, 11) is 0. The highest BCUT2D eigenvalue weighted by atomic mass is 16.3. The van der Waals surface area contributed by atoms with Crippen LogP contribution in [-0.4, -0.2) is 64.1 Å². The van der Waals surface area contributed by atoms with Gasteiger partial charge in [-0.15, -0.1) is 0 Å². The van der Waals surface area contributed by atoms with E-state index in [0.717, 1.165) is 16.8 Å². The number of β-amino-alcohol motifs (C(OH)–C–C–N with tert-alkyl or cyclic N) is 1. The fraction of sp³-hybridized carbons (Fsp3) is 0.480. The number of likely N-dealkylation sites (tertiary alicyclic amines) is 1. The van der Waals surface area contributed by atoms with Crippen LogP contribution in [-0.2, 0) is 11.4 Å². The molecule has 2 aromatic rings. The molecular weight excluding hydrogens is 406 g/mol. The molecule has 0 unspecified atom stereocenters. The van der Waals surface area contributed by atoms with Crippen molar-refractivity contribution in [1.82, 2.24) is 10.2 Å². The number of benzene rings is 2. The number of nitrogens with one attached hydrogen (secondary N) is 1. The van der Waals surface area contributed by atoms with Crippen LogP contribution in [0, 0.1) is 5.92 Å². The van der Waals surface area contributed by atoms with Crippen LogP contribution in [0.5, 0.6) is 0 Å². The molecule has 0 aliphatic carbocycles. The Bertz CT molecular complexity index is 897. The number of anilines is 1. The number of carbonyl (C=O) groups excluding carboxylic acids is 1. The molecule has 2 saturated heterocycles. The predicted molar refractivity (Wildman–Crippen MR) is 123 cm³/mol. The maximum Gasteiger partial charge on any atom is 0.247 e. The van der Waals surface area contributed by atoms with Gasteiger partial charge in [0.1, 0.15) is 5.54 Å². The Hall–Kier alpha value is -2.45. The summed E-state index contributed by atoms with van der Waals surface area (Å²) in [5.41, 5.74) is 2.02. The molecule has 172 valence electrons. The Morgan fingerprint density at radius 2 is 1.69 bits per heavy atom. The van der Waals surface area contributed by atoms with Crippen LogP contribution in [0.25, 0.3) is 0 Å². The van der Waals surface area contributed by atoms with Gasteiger partial charge in [0.05, 0.1) is 25.5 Å². The molecule has 2 fully saturated rings. The number of piperidine rings is 1. The smallest absolute Gasteiger partial charge is 0.247 e. The monoisotopic (exact) mass is 439 g/mol. The summed E-state index contributed by atoms with van der Waals surface area (Å²) in [4.78, 5) is 17.1. The normalized spacial score (nSPS) is 21.4. The fourth-order valence-corrected chi connectivity index (χ4v) is 4.90. The van der Waals surface area contributed by atoms with E-state index in [2.05, 4.69) is 15.1 Å². The number of hydrogen-bond donors (Lipinski definition) is 4. The van der Waals surface area contributed by atoms with E-state index in [1.165, 1.54) is 0 Å². The minimum atomic E-state index is -0.789. The lowest BCUT2D eigenvalue weighted by Gasteiger charge is -2.44. The van der Waals surface area contributed by atoms with Gasteiger partial charge in [-0.3, -0.25) is 4.79 Å². The maximum absolute atomic E-state index is 12.8. The van der Waals surface area contributed by atoms with Gasteiger partial charge < -0.3 is 30.4 Å². The molecule has 3 atom stereocenters. The van der Waals surface area contributed by atoms with Gasteiger partial charge >= 0.3 is 0 Å². The Balaban J connectivity index is 1.36. The van der Waals surface area contributed by atoms with E-state index < -0.39 is 17.7 Å². The highest BCUT2D eigenvalue weighted by Crippen LogP contribution is 2.36. The minimum Gasteiger partial charge on any atom is -0.392 e. The zero-order valence-corrected chi connectivity index (χ0v) is 18.5. The zero-order valence-electron chi connectivity index (χ0n) is 18.5. The second-order valence-corrected chi connectivity index (χ2v) is 9.03. The van der Waals surface area contributed by atoms with E-state index in [1.807, 2.05) is 37.3 Å². The molecule has 1 spiro atoms. The first kappa shape index (κ1) is 22.7. The van der Waals surface area contributed by atoms with Crippen LogP contribution in [0.3, 0.4) is 0 Å². The van der Waals surface area contributed by atoms with Crippen molar-refractivity contribution >= 4 is 11.6 Å². The van der Waals surface area contributed by atoms with Crippen LogP contribution in [0.15, 0.2) is 54.6 Å². The number of aliphatic hydroxyl groups is 3. The summed E-state index contributed by atoms with van der Waals surface area (Å²) in [6.45, 7) is 4.20. The third kappa shape index (κ3) is 4.38. The van der Waals surface area contributed by atoms with Gasteiger partial charge in [0.25, 0.3) is 0 Å². The molecule has 32 heavy (non-hydrogen) atoms. The van der Waals surface area contributed by atoms with Crippen LogP contribution >= 0.6 is 0 Å². The Morgan fingerprint density at radius 1 is 1.03 bits per heavy atom. The maximum atomic E-state index is 12.8. The lowest BCUT2D eigenvalue weighted by atomic mass is 9.85. The Labute approximate surface area is 189 Å². The summed E-state index contributed by atoms with van der Waals surface area (Å²) < 4.78 is 0. The fourth-order valence-electron chi connectivity index (χ4n) is 4.90. The van der Waals surface area contributed by atoms with E-state index in [4.69, 9.17) is 0 Å². The summed E-state index contributed by atoms with van der Waals surface area (Å²) in [6, 6.07) is 17.2. The van der Waals surface area contributed by atoms with Gasteiger partial charge in [-0.2, -0.15) is 0 Å². The van der Waals surface area contributed by atoms with Crippen LogP contribution in [0.4, 0.5) is 5.69 Å². The van der Waals surface area contributed by atoms with Crippen LogP contribution in [0.2, 0.25) is 0 Å². The molecule has 7 nitrogen and oxygen atoms in total. The van der Waals surface area contributed by atoms with Crippen molar-refractivity contribution in [2.24, 2.45) is 5.92 Å². The van der Waals surface area contributed by atoms with Crippen molar-refractivity contribution in [3.63, 3.8) is 0 Å². The number of nitrogens with zero attached hydrogens (tertiary/aromatic N) is 2. The van der Waals surface area contributed by atoms with Gasteiger partial charge in [-0.05, 0) is 36.1 Å². The van der Waals surface area contributed by atoms with Gasteiger partial charge in [-0.1, -0.05) is 49.4 Å². The molecule has 4 N–H and O–H groups in total. The summed E-state index contributed by atoms with van der Waals surface area (Å²) in [5, 5.41) is 33.7. The van der Waals surface area contributed by atoms with Gasteiger partial charge in [0, 0.05) is 31.2 Å². The van der Waals surface area contributed by atoms with Crippen molar-refractivity contribution in [2.75, 3.05) is 31.2 Å². The second kappa shape index (κ2) is 9.58. The molecule has 2 aromatic carbocycles. The van der Waals surface area contributed by atoms with Crippen molar-refractivity contribution < 1.29 is 20.1 Å². The number of aliphatic hydroxyl groups excluding tert-OH is 3. The van der Waals surface area contributed by atoms with Crippen molar-refractivity contribution in [3.8, 4) is 0 Å². The lowest BCUT2D eigenvalue weighted by Crippen LogP contribution is -2.57. The van der Waals surface area contributed by atoms with Crippen molar-refractivity contribution in [1.29, 1.82) is 0 Å². The standard InChI is InChI=1S/C25H33N3O4/c1-18(23(31)20-9-7-19(16-29)8-10-20)22(30)15-27-13-11-25(12-14-27)24(32)26-17-28(25)21-5-3-2-4-6-21/h2-10,18,22-23,29-31H,11-17H2,1H3,(H,26,32)/t18-,22+,23+/m0/s1. The second-order valence-electron chi connectivity index (χ2n) is 9.03. The first-order chi connectivity index (χ1) is 15.4. The van der Waals surface area contributed by atoms with E-state index in [1.54, 1.807) is 24.3 Å². The van der Waals surface area contributed by atoms with Gasteiger partial charge in [-0.25, -0.2) is 0 Å². The number of rotatable bonds is 7. The Kier molecular flexibility index (Phi) is 6.81. The molecule has 0 saturated carbocycles. The molecular formula is C25H33N3O4. The van der Waals surface area contributed by atoms with E-state index >= 15 is 0 Å². The number of hydrogen-bond acceptors (Lipinski definition) is 6. The molecule has 2 heterocycles. The number of amides is 1. The SMILES string of the molecule is C[C@@H]([C@H](O)CN1CCC2(CC1)C(=O)NCN2c1ccccc1)[C@@H](O)c1ccc(CO)cc1. The van der Waals surface area contributed by atoms with Gasteiger partial charge in [0.15, 0.2) is 0 Å². The molecule has 0 aromatic heterocycles. The number of para-hydroxylation sites is 1. The van der Waals surface area contributed by atoms with Crippen LogP contribution in [0.1, 0.15) is 37.0 Å². The predicted octanol–water partition coefficient (Wildman–Crippen LogP) is 1.64. The summed E-state index contributed by atoms with van der Waals surface area (Å²) in [5.74, 6) is -0.266. The van der Waals surface area contributed by atoms with Crippen LogP contribution < -0.4 is 10.2 Å². The van der Waals surface area contributed by atoms with Gasteiger partial charge in [0.2, 0.25) is 5.91 Å². The van der Waals surface area contributed by atoms with E-state index in [0.29, 0.717) is 39.1 Å². The average molecular weight is 440 g/mol. The first-order valence-corrected chi connectivity index (χ1v) is 11.3. The van der Waals surface area contributed by atoms with Crippen molar-refractivity contribution in [2.45, 2.75) is 44.1 Å². The molecule has 4 rings (SSSR count).